The maximum absolute atomic E-state index is 12.6. The van der Waals surface area contributed by atoms with E-state index in [-0.39, 0.29) is 46.0 Å². The molecule has 3 amide bonds. The molecule has 0 aromatic heterocycles. The van der Waals surface area contributed by atoms with Gasteiger partial charge in [0, 0.05) is 43.5 Å². The van der Waals surface area contributed by atoms with Gasteiger partial charge < -0.3 is 5.32 Å². The topological polar surface area (TPSA) is 83.6 Å². The molecular weight excluding hydrogens is 412 g/mol. The predicted molar refractivity (Wildman–Crippen MR) is 127 cm³/mol. The van der Waals surface area contributed by atoms with Crippen molar-refractivity contribution in [1.29, 1.82) is 0 Å². The number of unbranched alkanes of at least 4 members (excludes halogenated alkanes) is 2. The number of carbonyl (C=O) groups excluding carboxylic acids is 4. The molecule has 0 aromatic carbocycles. The van der Waals surface area contributed by atoms with Gasteiger partial charge in [0.05, 0.1) is 5.25 Å². The number of carbonyl (C=O) groups is 4. The van der Waals surface area contributed by atoms with Gasteiger partial charge in [-0.3, -0.25) is 24.1 Å². The molecule has 0 bridgehead atoms. The van der Waals surface area contributed by atoms with Crippen LogP contribution < -0.4 is 5.32 Å². The molecule has 1 N–H and O–H groups in total. The molecular formula is C24H42N2O4S. The molecule has 1 rings (SSSR count). The number of thioether (sulfide) groups is 1. The summed E-state index contributed by atoms with van der Waals surface area (Å²) in [6.07, 6.45) is 5.16. The van der Waals surface area contributed by atoms with Crippen LogP contribution in [0.25, 0.3) is 0 Å². The number of hydrogen-bond acceptors (Lipinski definition) is 5. The highest BCUT2D eigenvalue weighted by Crippen LogP contribution is 2.28. The van der Waals surface area contributed by atoms with E-state index in [1.807, 2.05) is 20.8 Å². The SMILES string of the molecule is CCC(C)(C)C(=O)CCSC1CC(=O)N(CCCCCC(=O)NCCC(C)(C)C)C1=O. The largest absolute Gasteiger partial charge is 0.356 e. The van der Waals surface area contributed by atoms with Gasteiger partial charge in [-0.25, -0.2) is 0 Å². The smallest absolute Gasteiger partial charge is 0.242 e. The first-order valence-electron chi connectivity index (χ1n) is 11.6. The molecule has 6 nitrogen and oxygen atoms in total. The first kappa shape index (κ1) is 27.7. The molecule has 1 fully saturated rings. The average molecular weight is 455 g/mol. The fourth-order valence-corrected chi connectivity index (χ4v) is 4.36. The van der Waals surface area contributed by atoms with Crippen molar-refractivity contribution < 1.29 is 19.2 Å². The van der Waals surface area contributed by atoms with Crippen LogP contribution in [0.1, 0.15) is 92.9 Å². The average Bonchev–Trinajstić information content (AvgIpc) is 2.93. The number of rotatable bonds is 14. The minimum atomic E-state index is -0.362. The zero-order valence-corrected chi connectivity index (χ0v) is 21.2. The molecule has 1 heterocycles. The lowest BCUT2D eigenvalue weighted by atomic mass is 9.84. The first-order chi connectivity index (χ1) is 14.4. The van der Waals surface area contributed by atoms with Gasteiger partial charge in [-0.2, -0.15) is 0 Å². The van der Waals surface area contributed by atoms with E-state index in [2.05, 4.69) is 26.1 Å². The lowest BCUT2D eigenvalue weighted by molar-refractivity contribution is -0.138. The molecule has 31 heavy (non-hydrogen) atoms. The van der Waals surface area contributed by atoms with Crippen LogP contribution in [0.4, 0.5) is 0 Å². The lowest BCUT2D eigenvalue weighted by Gasteiger charge is -2.20. The van der Waals surface area contributed by atoms with E-state index in [4.69, 9.17) is 0 Å². The van der Waals surface area contributed by atoms with Crippen molar-refractivity contribution in [2.75, 3.05) is 18.8 Å². The molecule has 0 saturated carbocycles. The molecule has 0 aromatic rings. The van der Waals surface area contributed by atoms with Crippen LogP contribution >= 0.6 is 11.8 Å². The molecule has 0 spiro atoms. The Labute approximate surface area is 192 Å². The summed E-state index contributed by atoms with van der Waals surface area (Å²) in [6.45, 7) is 13.5. The minimum Gasteiger partial charge on any atom is -0.356 e. The first-order valence-corrected chi connectivity index (χ1v) is 12.7. The van der Waals surface area contributed by atoms with Crippen LogP contribution in [-0.4, -0.2) is 52.5 Å². The minimum absolute atomic E-state index is 0.0647. The Bertz CT molecular complexity index is 640. The van der Waals surface area contributed by atoms with Crippen LogP contribution in [0.15, 0.2) is 0 Å². The van der Waals surface area contributed by atoms with Crippen molar-refractivity contribution in [3.05, 3.63) is 0 Å². The number of ketones is 1. The fraction of sp³-hybridized carbons (Fsp3) is 0.833. The third-order valence-electron chi connectivity index (χ3n) is 5.97. The van der Waals surface area contributed by atoms with Gasteiger partial charge in [-0.1, -0.05) is 48.0 Å². The maximum Gasteiger partial charge on any atom is 0.242 e. The van der Waals surface area contributed by atoms with E-state index < -0.39 is 0 Å². The molecule has 1 saturated heterocycles. The summed E-state index contributed by atoms with van der Waals surface area (Å²) < 4.78 is 0. The van der Waals surface area contributed by atoms with Gasteiger partial charge in [-0.15, -0.1) is 11.8 Å². The number of imide groups is 1. The van der Waals surface area contributed by atoms with Crippen molar-refractivity contribution in [2.45, 2.75) is 98.2 Å². The van der Waals surface area contributed by atoms with Crippen molar-refractivity contribution in [2.24, 2.45) is 10.8 Å². The highest BCUT2D eigenvalue weighted by molar-refractivity contribution is 8.00. The Kier molecular flexibility index (Phi) is 11.3. The Morgan fingerprint density at radius 3 is 2.35 bits per heavy atom. The number of likely N-dealkylation sites (tertiary alicyclic amines) is 1. The highest BCUT2D eigenvalue weighted by atomic mass is 32.2. The Hall–Kier alpha value is -1.37. The molecule has 1 unspecified atom stereocenters. The van der Waals surface area contributed by atoms with Crippen molar-refractivity contribution in [3.8, 4) is 0 Å². The molecule has 178 valence electrons. The third kappa shape index (κ3) is 10.2. The summed E-state index contributed by atoms with van der Waals surface area (Å²) in [6, 6.07) is 0. The van der Waals surface area contributed by atoms with Gasteiger partial charge in [0.1, 0.15) is 5.78 Å². The van der Waals surface area contributed by atoms with Gasteiger partial charge >= 0.3 is 0 Å². The number of Topliss-reactive ketones (excluding diaryl/α,β-unsaturated/α-hetero) is 1. The maximum atomic E-state index is 12.6. The summed E-state index contributed by atoms with van der Waals surface area (Å²) >= 11 is 1.43. The fourth-order valence-electron chi connectivity index (χ4n) is 3.24. The normalized spacial score (nSPS) is 17.4. The number of hydrogen-bond donors (Lipinski definition) is 1. The van der Waals surface area contributed by atoms with E-state index in [0.717, 1.165) is 25.7 Å². The van der Waals surface area contributed by atoms with Gasteiger partial charge in [0.25, 0.3) is 0 Å². The van der Waals surface area contributed by atoms with Gasteiger partial charge in [0.2, 0.25) is 17.7 Å². The summed E-state index contributed by atoms with van der Waals surface area (Å²) in [5.41, 5.74) is -0.120. The standard InChI is InChI=1S/C24H42N2O4S/c1-7-24(5,6)19(27)12-16-31-18-17-21(29)26(22(18)30)15-10-8-9-11-20(28)25-14-13-23(2,3)4/h18H,7-17H2,1-6H3,(H,25,28). The molecule has 7 heteroatoms. The number of amides is 3. The molecule has 0 radical (unpaired) electrons. The zero-order valence-electron chi connectivity index (χ0n) is 20.3. The van der Waals surface area contributed by atoms with Crippen molar-refractivity contribution in [3.63, 3.8) is 0 Å². The summed E-state index contributed by atoms with van der Waals surface area (Å²) in [5, 5.41) is 2.58. The zero-order chi connectivity index (χ0) is 23.7. The quantitative estimate of drug-likeness (QED) is 0.311. The van der Waals surface area contributed by atoms with Crippen LogP contribution in [0, 0.1) is 10.8 Å². The monoisotopic (exact) mass is 454 g/mol. The van der Waals surface area contributed by atoms with Gasteiger partial charge in [0.15, 0.2) is 0 Å². The Morgan fingerprint density at radius 1 is 1.06 bits per heavy atom. The van der Waals surface area contributed by atoms with E-state index in [0.29, 0.717) is 38.1 Å². The third-order valence-corrected chi connectivity index (χ3v) is 7.18. The molecule has 1 aliphatic rings. The van der Waals surface area contributed by atoms with Crippen LogP contribution in [-0.2, 0) is 19.2 Å². The van der Waals surface area contributed by atoms with E-state index in [9.17, 15) is 19.2 Å². The molecule has 1 atom stereocenters. The van der Waals surface area contributed by atoms with Crippen LogP contribution in [0.2, 0.25) is 0 Å². The summed E-state index contributed by atoms with van der Waals surface area (Å²) in [7, 11) is 0. The van der Waals surface area contributed by atoms with Crippen molar-refractivity contribution in [1.82, 2.24) is 10.2 Å². The van der Waals surface area contributed by atoms with Crippen LogP contribution in [0.3, 0.4) is 0 Å². The number of nitrogens with one attached hydrogen (secondary N) is 1. The van der Waals surface area contributed by atoms with Crippen molar-refractivity contribution >= 4 is 35.3 Å². The second kappa shape index (κ2) is 12.6. The number of nitrogens with zero attached hydrogens (tertiary/aromatic N) is 1. The Balaban J connectivity index is 2.24. The predicted octanol–water partition coefficient (Wildman–Crippen LogP) is 4.36. The van der Waals surface area contributed by atoms with E-state index >= 15 is 0 Å². The lowest BCUT2D eigenvalue weighted by Crippen LogP contribution is -2.32. The highest BCUT2D eigenvalue weighted by Gasteiger charge is 2.38. The second-order valence-corrected chi connectivity index (χ2v) is 11.6. The van der Waals surface area contributed by atoms with E-state index in [1.165, 1.54) is 16.7 Å². The van der Waals surface area contributed by atoms with Crippen LogP contribution in [0.5, 0.6) is 0 Å². The van der Waals surface area contributed by atoms with E-state index in [1.54, 1.807) is 0 Å². The van der Waals surface area contributed by atoms with Gasteiger partial charge in [-0.05, 0) is 31.1 Å². The Morgan fingerprint density at radius 2 is 1.74 bits per heavy atom. The summed E-state index contributed by atoms with van der Waals surface area (Å²) in [5.74, 6) is 0.595. The molecule has 0 aliphatic carbocycles. The second-order valence-electron chi connectivity index (χ2n) is 10.3. The molecule has 1 aliphatic heterocycles. The summed E-state index contributed by atoms with van der Waals surface area (Å²) in [4.78, 5) is 50.2.